The summed E-state index contributed by atoms with van der Waals surface area (Å²) in [6.45, 7) is 2.33. The maximum absolute atomic E-state index is 10.7. The van der Waals surface area contributed by atoms with Gasteiger partial charge in [0.1, 0.15) is 5.75 Å². The van der Waals surface area contributed by atoms with Crippen LogP contribution in [0.5, 0.6) is 5.75 Å². The van der Waals surface area contributed by atoms with Crippen LogP contribution in [0.4, 0.5) is 0 Å². The van der Waals surface area contributed by atoms with Gasteiger partial charge in [0.15, 0.2) is 0 Å². The lowest BCUT2D eigenvalue weighted by Gasteiger charge is -2.09. The first-order valence-corrected chi connectivity index (χ1v) is 5.96. The third kappa shape index (κ3) is 2.16. The maximum Gasteiger partial charge on any atom is 0.305 e. The van der Waals surface area contributed by atoms with E-state index in [9.17, 15) is 4.79 Å². The minimum atomic E-state index is -0.824. The fourth-order valence-electron chi connectivity index (χ4n) is 2.11. The first-order chi connectivity index (χ1) is 8.54. The molecule has 0 bridgehead atoms. The molecule has 0 saturated carbocycles. The molecule has 0 atom stereocenters. The lowest BCUT2D eigenvalue weighted by atomic mass is 10.2. The Morgan fingerprint density at radius 1 is 1.50 bits per heavy atom. The van der Waals surface area contributed by atoms with Crippen molar-refractivity contribution in [3.63, 3.8) is 0 Å². The van der Waals surface area contributed by atoms with Gasteiger partial charge in [-0.05, 0) is 25.1 Å². The normalized spacial score (nSPS) is 10.8. The number of nitrogens with zero attached hydrogens (tertiary/aromatic N) is 1. The van der Waals surface area contributed by atoms with Crippen LogP contribution in [0.15, 0.2) is 18.2 Å². The molecule has 0 fully saturated rings. The Morgan fingerprint density at radius 2 is 2.22 bits per heavy atom. The summed E-state index contributed by atoms with van der Waals surface area (Å²) in [5.41, 5.74) is 1.80. The molecule has 0 aliphatic heterocycles. The van der Waals surface area contributed by atoms with Crippen molar-refractivity contribution in [3.8, 4) is 5.75 Å². The van der Waals surface area contributed by atoms with E-state index in [2.05, 4.69) is 0 Å². The van der Waals surface area contributed by atoms with E-state index in [0.717, 1.165) is 22.3 Å². The monoisotopic (exact) mass is 267 g/mol. The van der Waals surface area contributed by atoms with Gasteiger partial charge in [0.05, 0.1) is 24.1 Å². The van der Waals surface area contributed by atoms with Crippen LogP contribution in [0, 0.1) is 6.92 Å². The Morgan fingerprint density at radius 3 is 2.83 bits per heavy atom. The van der Waals surface area contributed by atoms with E-state index in [1.54, 1.807) is 13.2 Å². The van der Waals surface area contributed by atoms with Crippen LogP contribution in [0.3, 0.4) is 0 Å². The molecule has 1 aromatic heterocycles. The molecule has 18 heavy (non-hydrogen) atoms. The fourth-order valence-corrected chi connectivity index (χ4v) is 2.38. The van der Waals surface area contributed by atoms with Crippen LogP contribution in [0.1, 0.15) is 12.1 Å². The molecule has 2 rings (SSSR count). The SMILES string of the molecule is COc1ccc(Cl)c2c1cc(C)n2CCC(=O)O. The van der Waals surface area contributed by atoms with Crippen molar-refractivity contribution in [2.24, 2.45) is 0 Å². The standard InChI is InChI=1S/C13H14ClNO3/c1-8-7-9-11(18-2)4-3-10(14)13(9)15(8)6-5-12(16)17/h3-4,7H,5-6H2,1-2H3,(H,16,17). The van der Waals surface area contributed by atoms with Crippen LogP contribution in [-0.4, -0.2) is 22.8 Å². The molecule has 0 spiro atoms. The van der Waals surface area contributed by atoms with E-state index in [4.69, 9.17) is 21.4 Å². The minimum Gasteiger partial charge on any atom is -0.496 e. The summed E-state index contributed by atoms with van der Waals surface area (Å²) < 4.78 is 7.20. The summed E-state index contributed by atoms with van der Waals surface area (Å²) in [6.07, 6.45) is 0.0676. The second-order valence-corrected chi connectivity index (χ2v) is 4.50. The molecule has 1 N–H and O–H groups in total. The summed E-state index contributed by atoms with van der Waals surface area (Å²) in [5.74, 6) is -0.0816. The van der Waals surface area contributed by atoms with Crippen molar-refractivity contribution < 1.29 is 14.6 Å². The molecule has 0 unspecified atom stereocenters. The Balaban J connectivity index is 2.58. The molecular weight excluding hydrogens is 254 g/mol. The predicted molar refractivity (Wildman–Crippen MR) is 70.5 cm³/mol. The van der Waals surface area contributed by atoms with Crippen LogP contribution in [-0.2, 0) is 11.3 Å². The van der Waals surface area contributed by atoms with Gasteiger partial charge >= 0.3 is 5.97 Å². The highest BCUT2D eigenvalue weighted by atomic mass is 35.5. The molecule has 0 amide bonds. The third-order valence-corrected chi connectivity index (χ3v) is 3.25. The molecule has 4 nitrogen and oxygen atoms in total. The Kier molecular flexibility index (Phi) is 3.48. The fraction of sp³-hybridized carbons (Fsp3) is 0.308. The molecule has 96 valence electrons. The average Bonchev–Trinajstić information content (AvgIpc) is 2.65. The van der Waals surface area contributed by atoms with Crippen molar-refractivity contribution in [2.75, 3.05) is 7.11 Å². The lowest BCUT2D eigenvalue weighted by Crippen LogP contribution is -2.05. The summed E-state index contributed by atoms with van der Waals surface area (Å²) in [5, 5.41) is 10.3. The van der Waals surface area contributed by atoms with E-state index in [1.165, 1.54) is 0 Å². The number of fused-ring (bicyclic) bond motifs is 1. The number of rotatable bonds is 4. The molecule has 1 aromatic carbocycles. The van der Waals surface area contributed by atoms with Gasteiger partial charge in [0, 0.05) is 17.6 Å². The summed E-state index contributed by atoms with van der Waals surface area (Å²) in [7, 11) is 1.60. The van der Waals surface area contributed by atoms with Crippen LogP contribution < -0.4 is 4.74 Å². The van der Waals surface area contributed by atoms with Gasteiger partial charge in [-0.1, -0.05) is 11.6 Å². The molecule has 0 saturated heterocycles. The van der Waals surface area contributed by atoms with E-state index >= 15 is 0 Å². The number of aliphatic carboxylic acids is 1. The number of aryl methyl sites for hydroxylation is 2. The molecule has 0 aliphatic rings. The number of hydrogen-bond acceptors (Lipinski definition) is 2. The molecule has 0 aliphatic carbocycles. The van der Waals surface area contributed by atoms with Gasteiger partial charge < -0.3 is 14.4 Å². The number of carboxylic acids is 1. The van der Waals surface area contributed by atoms with Gasteiger partial charge in [0.2, 0.25) is 0 Å². The predicted octanol–water partition coefficient (Wildman–Crippen LogP) is 3.09. The number of methoxy groups -OCH3 is 1. The zero-order valence-electron chi connectivity index (χ0n) is 10.2. The highest BCUT2D eigenvalue weighted by Gasteiger charge is 2.13. The van der Waals surface area contributed by atoms with E-state index in [-0.39, 0.29) is 6.42 Å². The number of ether oxygens (including phenoxy) is 1. The van der Waals surface area contributed by atoms with Gasteiger partial charge in [-0.25, -0.2) is 0 Å². The zero-order valence-corrected chi connectivity index (χ0v) is 11.0. The Bertz CT molecular complexity index is 604. The maximum atomic E-state index is 10.7. The number of aromatic nitrogens is 1. The van der Waals surface area contributed by atoms with Crippen molar-refractivity contribution >= 4 is 28.5 Å². The number of carbonyl (C=O) groups is 1. The smallest absolute Gasteiger partial charge is 0.305 e. The number of hydrogen-bond donors (Lipinski definition) is 1. The summed E-state index contributed by atoms with van der Waals surface area (Å²) in [4.78, 5) is 10.7. The number of carboxylic acid groups (broad SMARTS) is 1. The van der Waals surface area contributed by atoms with E-state index in [0.29, 0.717) is 11.6 Å². The van der Waals surface area contributed by atoms with Crippen molar-refractivity contribution in [1.82, 2.24) is 4.57 Å². The first-order valence-electron chi connectivity index (χ1n) is 5.58. The van der Waals surface area contributed by atoms with Gasteiger partial charge in [0.25, 0.3) is 0 Å². The Hall–Kier alpha value is -1.68. The van der Waals surface area contributed by atoms with Crippen LogP contribution in [0.25, 0.3) is 10.9 Å². The Labute approximate surface area is 110 Å². The summed E-state index contributed by atoms with van der Waals surface area (Å²) in [6, 6.07) is 5.53. The average molecular weight is 268 g/mol. The van der Waals surface area contributed by atoms with E-state index < -0.39 is 5.97 Å². The third-order valence-electron chi connectivity index (χ3n) is 2.95. The zero-order chi connectivity index (χ0) is 13.3. The summed E-state index contributed by atoms with van der Waals surface area (Å²) >= 11 is 6.20. The van der Waals surface area contributed by atoms with Gasteiger partial charge in [-0.3, -0.25) is 4.79 Å². The van der Waals surface area contributed by atoms with Crippen molar-refractivity contribution in [3.05, 3.63) is 28.9 Å². The largest absolute Gasteiger partial charge is 0.496 e. The molecule has 2 aromatic rings. The van der Waals surface area contributed by atoms with Crippen LogP contribution >= 0.6 is 11.6 Å². The van der Waals surface area contributed by atoms with Gasteiger partial charge in [-0.15, -0.1) is 0 Å². The van der Waals surface area contributed by atoms with Crippen LogP contribution in [0.2, 0.25) is 5.02 Å². The van der Waals surface area contributed by atoms with E-state index in [1.807, 2.05) is 23.6 Å². The number of halogens is 1. The minimum absolute atomic E-state index is 0.0676. The number of benzene rings is 1. The lowest BCUT2D eigenvalue weighted by molar-refractivity contribution is -0.137. The van der Waals surface area contributed by atoms with Crippen molar-refractivity contribution in [1.29, 1.82) is 0 Å². The highest BCUT2D eigenvalue weighted by molar-refractivity contribution is 6.35. The topological polar surface area (TPSA) is 51.5 Å². The molecule has 1 heterocycles. The quantitative estimate of drug-likeness (QED) is 0.926. The molecule has 0 radical (unpaired) electrons. The van der Waals surface area contributed by atoms with Gasteiger partial charge in [-0.2, -0.15) is 0 Å². The first kappa shape index (κ1) is 12.8. The molecular formula is C13H14ClNO3. The van der Waals surface area contributed by atoms with Crippen molar-refractivity contribution in [2.45, 2.75) is 19.9 Å². The molecule has 5 heteroatoms. The highest BCUT2D eigenvalue weighted by Crippen LogP contribution is 2.34. The second-order valence-electron chi connectivity index (χ2n) is 4.09. The second kappa shape index (κ2) is 4.90.